The highest BCUT2D eigenvalue weighted by molar-refractivity contribution is 4.88. The third-order valence-corrected chi connectivity index (χ3v) is 2.17. The molecule has 84 valence electrons. The lowest BCUT2D eigenvalue weighted by atomic mass is 10.3. The maximum atomic E-state index is 12.8. The van der Waals surface area contributed by atoms with Crippen LogP contribution in [0.5, 0.6) is 0 Å². The Balaban J connectivity index is 2.42. The fourth-order valence-corrected chi connectivity index (χ4v) is 1.32. The van der Waals surface area contributed by atoms with Crippen LogP contribution in [-0.4, -0.2) is 42.9 Å². The minimum absolute atomic E-state index is 0.0959. The molecule has 0 spiro atoms. The Kier molecular flexibility index (Phi) is 3.71. The SMILES string of the molecule is NCC(F)(F)CN(CC(F)F)C1CC1. The Morgan fingerprint density at radius 1 is 1.36 bits per heavy atom. The number of rotatable bonds is 6. The molecule has 0 amide bonds. The average Bonchev–Trinajstić information content (AvgIpc) is 2.84. The monoisotopic (exact) mass is 214 g/mol. The summed E-state index contributed by atoms with van der Waals surface area (Å²) in [5.41, 5.74) is 4.84. The molecule has 6 heteroatoms. The van der Waals surface area contributed by atoms with Gasteiger partial charge in [-0.05, 0) is 12.8 Å². The van der Waals surface area contributed by atoms with Gasteiger partial charge in [0.1, 0.15) is 0 Å². The number of hydrogen-bond donors (Lipinski definition) is 1. The fourth-order valence-electron chi connectivity index (χ4n) is 1.32. The van der Waals surface area contributed by atoms with E-state index in [1.165, 1.54) is 0 Å². The van der Waals surface area contributed by atoms with Crippen LogP contribution in [0, 0.1) is 0 Å². The summed E-state index contributed by atoms with van der Waals surface area (Å²) in [6.45, 7) is -2.03. The first-order valence-electron chi connectivity index (χ1n) is 4.55. The lowest BCUT2D eigenvalue weighted by Crippen LogP contribution is -2.44. The molecule has 0 aromatic heterocycles. The minimum atomic E-state index is -3.06. The zero-order valence-electron chi connectivity index (χ0n) is 7.73. The first-order chi connectivity index (χ1) is 6.44. The van der Waals surface area contributed by atoms with Gasteiger partial charge in [0.05, 0.1) is 19.6 Å². The Morgan fingerprint density at radius 3 is 2.29 bits per heavy atom. The van der Waals surface area contributed by atoms with Gasteiger partial charge >= 0.3 is 0 Å². The van der Waals surface area contributed by atoms with Crippen molar-refractivity contribution in [3.63, 3.8) is 0 Å². The van der Waals surface area contributed by atoms with E-state index in [4.69, 9.17) is 5.73 Å². The molecule has 0 saturated heterocycles. The highest BCUT2D eigenvalue weighted by Gasteiger charge is 2.38. The molecule has 0 atom stereocenters. The topological polar surface area (TPSA) is 29.3 Å². The normalized spacial score (nSPS) is 18.2. The van der Waals surface area contributed by atoms with Crippen molar-refractivity contribution in [1.29, 1.82) is 0 Å². The van der Waals surface area contributed by atoms with Crippen LogP contribution in [0.2, 0.25) is 0 Å². The Hall–Kier alpha value is -0.360. The maximum Gasteiger partial charge on any atom is 0.272 e. The van der Waals surface area contributed by atoms with Crippen LogP contribution in [0.4, 0.5) is 17.6 Å². The second kappa shape index (κ2) is 4.44. The molecule has 0 radical (unpaired) electrons. The molecule has 1 aliphatic carbocycles. The zero-order valence-corrected chi connectivity index (χ0v) is 7.73. The summed E-state index contributed by atoms with van der Waals surface area (Å²) in [4.78, 5) is 1.14. The number of hydrogen-bond acceptors (Lipinski definition) is 2. The van der Waals surface area contributed by atoms with Gasteiger partial charge in [-0.15, -0.1) is 0 Å². The van der Waals surface area contributed by atoms with E-state index in [9.17, 15) is 17.6 Å². The minimum Gasteiger partial charge on any atom is -0.325 e. The standard InChI is InChI=1S/C8H14F4N2/c9-7(10)3-14(6-1-2-6)5-8(11,12)4-13/h6-7H,1-5,13H2. The molecule has 1 fully saturated rings. The van der Waals surface area contributed by atoms with Gasteiger partial charge in [-0.2, -0.15) is 0 Å². The summed E-state index contributed by atoms with van der Waals surface area (Å²) in [5, 5.41) is 0. The summed E-state index contributed by atoms with van der Waals surface area (Å²) in [7, 11) is 0. The highest BCUT2D eigenvalue weighted by Crippen LogP contribution is 2.29. The van der Waals surface area contributed by atoms with E-state index in [1.807, 2.05) is 0 Å². The molecule has 1 saturated carbocycles. The largest absolute Gasteiger partial charge is 0.325 e. The van der Waals surface area contributed by atoms with Gasteiger partial charge in [-0.3, -0.25) is 4.90 Å². The van der Waals surface area contributed by atoms with E-state index < -0.39 is 32.0 Å². The fraction of sp³-hybridized carbons (Fsp3) is 1.00. The molecule has 2 nitrogen and oxygen atoms in total. The first kappa shape index (κ1) is 11.7. The van der Waals surface area contributed by atoms with Crippen LogP contribution in [0.15, 0.2) is 0 Å². The van der Waals surface area contributed by atoms with Crippen LogP contribution in [0.3, 0.4) is 0 Å². The smallest absolute Gasteiger partial charge is 0.272 e. The van der Waals surface area contributed by atoms with Crippen molar-refractivity contribution in [3.05, 3.63) is 0 Å². The Morgan fingerprint density at radius 2 is 1.93 bits per heavy atom. The third-order valence-electron chi connectivity index (χ3n) is 2.17. The molecular weight excluding hydrogens is 200 g/mol. The van der Waals surface area contributed by atoms with Crippen molar-refractivity contribution >= 4 is 0 Å². The Bertz CT molecular complexity index is 182. The van der Waals surface area contributed by atoms with Crippen molar-refractivity contribution in [3.8, 4) is 0 Å². The van der Waals surface area contributed by atoms with Crippen LogP contribution < -0.4 is 5.73 Å². The van der Waals surface area contributed by atoms with E-state index in [0.717, 1.165) is 17.7 Å². The zero-order chi connectivity index (χ0) is 10.8. The van der Waals surface area contributed by atoms with Crippen molar-refractivity contribution in [2.45, 2.75) is 31.2 Å². The first-order valence-corrected chi connectivity index (χ1v) is 4.55. The van der Waals surface area contributed by atoms with Gasteiger partial charge in [-0.1, -0.05) is 0 Å². The molecule has 0 aromatic carbocycles. The van der Waals surface area contributed by atoms with E-state index in [2.05, 4.69) is 0 Å². The molecule has 0 unspecified atom stereocenters. The molecule has 0 aliphatic heterocycles. The van der Waals surface area contributed by atoms with Crippen LogP contribution >= 0.6 is 0 Å². The molecule has 1 rings (SSSR count). The maximum absolute atomic E-state index is 12.8. The number of nitrogens with two attached hydrogens (primary N) is 1. The molecule has 0 bridgehead atoms. The summed E-state index contributed by atoms with van der Waals surface area (Å²) in [6, 6.07) is -0.0959. The van der Waals surface area contributed by atoms with Gasteiger partial charge in [0.25, 0.3) is 12.3 Å². The van der Waals surface area contributed by atoms with Crippen molar-refractivity contribution in [2.75, 3.05) is 19.6 Å². The summed E-state index contributed by atoms with van der Waals surface area (Å²) >= 11 is 0. The summed E-state index contributed by atoms with van der Waals surface area (Å²) in [6.07, 6.45) is -1.11. The molecule has 0 heterocycles. The van der Waals surface area contributed by atoms with Gasteiger partial charge in [-0.25, -0.2) is 17.6 Å². The quantitative estimate of drug-likeness (QED) is 0.675. The summed E-state index contributed by atoms with van der Waals surface area (Å²) < 4.78 is 49.7. The second-order valence-electron chi connectivity index (χ2n) is 3.61. The van der Waals surface area contributed by atoms with E-state index in [-0.39, 0.29) is 6.04 Å². The molecule has 2 N–H and O–H groups in total. The van der Waals surface area contributed by atoms with Gasteiger partial charge in [0, 0.05) is 6.04 Å². The van der Waals surface area contributed by atoms with E-state index in [0.29, 0.717) is 0 Å². The van der Waals surface area contributed by atoms with Crippen LogP contribution in [0.25, 0.3) is 0 Å². The number of nitrogens with zero attached hydrogens (tertiary/aromatic N) is 1. The van der Waals surface area contributed by atoms with Gasteiger partial charge in [0.15, 0.2) is 0 Å². The Labute approximate surface area is 80.0 Å². The van der Waals surface area contributed by atoms with Crippen molar-refractivity contribution in [1.82, 2.24) is 4.90 Å². The van der Waals surface area contributed by atoms with E-state index in [1.54, 1.807) is 0 Å². The van der Waals surface area contributed by atoms with Gasteiger partial charge in [0.2, 0.25) is 0 Å². The third kappa shape index (κ3) is 3.79. The predicted molar refractivity (Wildman–Crippen MR) is 44.6 cm³/mol. The average molecular weight is 214 g/mol. The van der Waals surface area contributed by atoms with Gasteiger partial charge < -0.3 is 5.73 Å². The molecular formula is C8H14F4N2. The van der Waals surface area contributed by atoms with Crippen LogP contribution in [-0.2, 0) is 0 Å². The van der Waals surface area contributed by atoms with Crippen molar-refractivity contribution in [2.24, 2.45) is 5.73 Å². The molecule has 14 heavy (non-hydrogen) atoms. The second-order valence-corrected chi connectivity index (χ2v) is 3.61. The number of alkyl halides is 4. The molecule has 0 aromatic rings. The predicted octanol–water partition coefficient (Wildman–Crippen LogP) is 1.31. The highest BCUT2D eigenvalue weighted by atomic mass is 19.3. The lowest BCUT2D eigenvalue weighted by Gasteiger charge is -2.26. The van der Waals surface area contributed by atoms with Crippen molar-refractivity contribution < 1.29 is 17.6 Å². The molecule has 1 aliphatic rings. The number of halogens is 4. The van der Waals surface area contributed by atoms with E-state index >= 15 is 0 Å². The summed E-state index contributed by atoms with van der Waals surface area (Å²) in [5.74, 6) is -3.06. The van der Waals surface area contributed by atoms with Crippen LogP contribution in [0.1, 0.15) is 12.8 Å². The lowest BCUT2D eigenvalue weighted by molar-refractivity contribution is -0.0384.